The van der Waals surface area contributed by atoms with Crippen LogP contribution in [0.5, 0.6) is 0 Å². The molecule has 1 N–H and O–H groups in total. The Morgan fingerprint density at radius 3 is 2.28 bits per heavy atom. The van der Waals surface area contributed by atoms with Gasteiger partial charge in [0.25, 0.3) is 0 Å². The number of carbonyl (C=O) groups is 2. The molecule has 0 fully saturated rings. The van der Waals surface area contributed by atoms with Crippen molar-refractivity contribution < 1.29 is 19.4 Å². The van der Waals surface area contributed by atoms with Crippen LogP contribution in [-0.2, 0) is 14.3 Å². The quantitative estimate of drug-likeness (QED) is 0.637. The maximum absolute atomic E-state index is 11.6. The Balaban J connectivity index is 4.61. The monoisotopic (exact) mass is 260 g/mol. The van der Waals surface area contributed by atoms with Crippen LogP contribution in [0.4, 0.5) is 0 Å². The predicted molar refractivity (Wildman–Crippen MR) is 68.1 cm³/mol. The summed E-state index contributed by atoms with van der Waals surface area (Å²) in [6.45, 7) is 4.25. The number of aliphatic hydroxyl groups is 1. The lowest BCUT2D eigenvalue weighted by molar-refractivity contribution is -0.162. The van der Waals surface area contributed by atoms with Gasteiger partial charge in [-0.3, -0.25) is 9.69 Å². The van der Waals surface area contributed by atoms with E-state index in [1.165, 1.54) is 18.9 Å². The normalized spacial score (nSPS) is 14.2. The van der Waals surface area contributed by atoms with Crippen LogP contribution in [0.2, 0.25) is 0 Å². The lowest BCUT2D eigenvalue weighted by atomic mass is 10.1. The van der Waals surface area contributed by atoms with Gasteiger partial charge < -0.3 is 14.7 Å². The first-order valence-corrected chi connectivity index (χ1v) is 5.98. The van der Waals surface area contributed by atoms with Crippen molar-refractivity contribution >= 4 is 11.9 Å². The first kappa shape index (κ1) is 16.9. The van der Waals surface area contributed by atoms with Crippen LogP contribution in [0.1, 0.15) is 20.3 Å². The van der Waals surface area contributed by atoms with E-state index in [0.29, 0.717) is 6.54 Å². The van der Waals surface area contributed by atoms with E-state index in [9.17, 15) is 14.7 Å². The summed E-state index contributed by atoms with van der Waals surface area (Å²) in [6, 6.07) is 0. The number of hydrogen-bond donors (Lipinski definition) is 1. The number of methoxy groups -OCH3 is 1. The van der Waals surface area contributed by atoms with Crippen molar-refractivity contribution in [2.75, 3.05) is 40.8 Å². The third kappa shape index (κ3) is 5.46. The van der Waals surface area contributed by atoms with Gasteiger partial charge >= 0.3 is 5.97 Å². The molecule has 0 aromatic carbocycles. The van der Waals surface area contributed by atoms with Crippen molar-refractivity contribution in [3.05, 3.63) is 0 Å². The smallest absolute Gasteiger partial charge is 0.338 e. The van der Waals surface area contributed by atoms with Crippen LogP contribution in [0.15, 0.2) is 0 Å². The van der Waals surface area contributed by atoms with Crippen LogP contribution in [0.3, 0.4) is 0 Å². The molecule has 0 spiro atoms. The molecular formula is C12H24N2O4. The standard InChI is InChI=1S/C12H24N2O4/c1-6-7-14(8-10(15)13(3)4)9-12(2,17)11(16)18-5/h17H,6-9H2,1-5H3. The summed E-state index contributed by atoms with van der Waals surface area (Å²) in [7, 11) is 4.57. The van der Waals surface area contributed by atoms with Crippen LogP contribution < -0.4 is 0 Å². The topological polar surface area (TPSA) is 70.1 Å². The van der Waals surface area contributed by atoms with Gasteiger partial charge in [0.15, 0.2) is 5.60 Å². The molecule has 0 saturated heterocycles. The Bertz CT molecular complexity index is 290. The average molecular weight is 260 g/mol. The van der Waals surface area contributed by atoms with Crippen molar-refractivity contribution in [1.29, 1.82) is 0 Å². The van der Waals surface area contributed by atoms with Gasteiger partial charge in [-0.05, 0) is 19.9 Å². The maximum atomic E-state index is 11.6. The van der Waals surface area contributed by atoms with Gasteiger partial charge in [-0.1, -0.05) is 6.92 Å². The molecule has 0 aromatic heterocycles. The second kappa shape index (κ2) is 7.33. The number of hydrogen-bond acceptors (Lipinski definition) is 5. The minimum atomic E-state index is -1.60. The zero-order valence-electron chi connectivity index (χ0n) is 11.9. The highest BCUT2D eigenvalue weighted by atomic mass is 16.5. The fourth-order valence-electron chi connectivity index (χ4n) is 1.58. The number of esters is 1. The van der Waals surface area contributed by atoms with Crippen LogP contribution >= 0.6 is 0 Å². The molecule has 18 heavy (non-hydrogen) atoms. The summed E-state index contributed by atoms with van der Waals surface area (Å²) in [5, 5.41) is 9.99. The van der Waals surface area contributed by atoms with Gasteiger partial charge in [-0.25, -0.2) is 4.79 Å². The van der Waals surface area contributed by atoms with E-state index in [-0.39, 0.29) is 19.0 Å². The highest BCUT2D eigenvalue weighted by molar-refractivity contribution is 5.80. The largest absolute Gasteiger partial charge is 0.467 e. The number of rotatable bonds is 7. The van der Waals surface area contributed by atoms with Gasteiger partial charge in [-0.15, -0.1) is 0 Å². The fourth-order valence-corrected chi connectivity index (χ4v) is 1.58. The summed E-state index contributed by atoms with van der Waals surface area (Å²) in [5.74, 6) is -0.759. The Hall–Kier alpha value is -1.14. The molecule has 6 heteroatoms. The molecule has 106 valence electrons. The molecule has 0 aliphatic heterocycles. The molecule has 0 saturated carbocycles. The molecule has 6 nitrogen and oxygen atoms in total. The van der Waals surface area contributed by atoms with Gasteiger partial charge in [0.2, 0.25) is 5.91 Å². The molecular weight excluding hydrogens is 236 g/mol. The van der Waals surface area contributed by atoms with Crippen LogP contribution in [0, 0.1) is 0 Å². The summed E-state index contributed by atoms with van der Waals surface area (Å²) in [5.41, 5.74) is -1.60. The van der Waals surface area contributed by atoms with E-state index < -0.39 is 11.6 Å². The minimum absolute atomic E-state index is 0.0656. The van der Waals surface area contributed by atoms with Crippen molar-refractivity contribution in [3.63, 3.8) is 0 Å². The van der Waals surface area contributed by atoms with Crippen LogP contribution in [-0.4, -0.2) is 73.2 Å². The van der Waals surface area contributed by atoms with Gasteiger partial charge in [-0.2, -0.15) is 0 Å². The van der Waals surface area contributed by atoms with Crippen LogP contribution in [0.25, 0.3) is 0 Å². The van der Waals surface area contributed by atoms with Gasteiger partial charge in [0.05, 0.1) is 13.7 Å². The summed E-state index contributed by atoms with van der Waals surface area (Å²) in [6.07, 6.45) is 0.831. The highest BCUT2D eigenvalue weighted by Crippen LogP contribution is 2.09. The van der Waals surface area contributed by atoms with E-state index in [1.54, 1.807) is 19.0 Å². The van der Waals surface area contributed by atoms with E-state index in [1.807, 2.05) is 6.92 Å². The fraction of sp³-hybridized carbons (Fsp3) is 0.833. The van der Waals surface area contributed by atoms with Crippen molar-refractivity contribution in [2.24, 2.45) is 0 Å². The predicted octanol–water partition coefficient (Wildman–Crippen LogP) is -0.289. The molecule has 0 aliphatic rings. The number of nitrogens with zero attached hydrogens (tertiary/aromatic N) is 2. The first-order valence-electron chi connectivity index (χ1n) is 5.98. The number of amides is 1. The SMILES string of the molecule is CCCN(CC(=O)N(C)C)CC(C)(O)C(=O)OC. The van der Waals surface area contributed by atoms with Gasteiger partial charge in [0, 0.05) is 20.6 Å². The molecule has 1 amide bonds. The number of likely N-dealkylation sites (N-methyl/N-ethyl adjacent to an activating group) is 1. The van der Waals surface area contributed by atoms with E-state index in [0.717, 1.165) is 6.42 Å². The number of carbonyl (C=O) groups excluding carboxylic acids is 2. The Kier molecular flexibility index (Phi) is 6.86. The summed E-state index contributed by atoms with van der Waals surface area (Å²) < 4.78 is 4.54. The number of ether oxygens (including phenoxy) is 1. The second-order valence-electron chi connectivity index (χ2n) is 4.76. The Morgan fingerprint density at radius 1 is 1.33 bits per heavy atom. The third-order valence-corrected chi connectivity index (χ3v) is 2.55. The minimum Gasteiger partial charge on any atom is -0.467 e. The zero-order valence-corrected chi connectivity index (χ0v) is 11.9. The Labute approximate surface area is 109 Å². The highest BCUT2D eigenvalue weighted by Gasteiger charge is 2.34. The lowest BCUT2D eigenvalue weighted by Crippen LogP contribution is -2.50. The molecule has 1 unspecified atom stereocenters. The van der Waals surface area contributed by atoms with Gasteiger partial charge in [0.1, 0.15) is 0 Å². The first-order chi connectivity index (χ1) is 8.24. The average Bonchev–Trinajstić information content (AvgIpc) is 2.27. The van der Waals surface area contributed by atoms with E-state index in [4.69, 9.17) is 0 Å². The molecule has 1 atom stereocenters. The van der Waals surface area contributed by atoms with Crippen molar-refractivity contribution in [1.82, 2.24) is 9.80 Å². The molecule has 0 radical (unpaired) electrons. The summed E-state index contributed by atoms with van der Waals surface area (Å²) >= 11 is 0. The lowest BCUT2D eigenvalue weighted by Gasteiger charge is -2.29. The van der Waals surface area contributed by atoms with Crippen molar-refractivity contribution in [2.45, 2.75) is 25.9 Å². The molecule has 0 aliphatic carbocycles. The summed E-state index contributed by atoms with van der Waals surface area (Å²) in [4.78, 5) is 26.3. The zero-order chi connectivity index (χ0) is 14.3. The second-order valence-corrected chi connectivity index (χ2v) is 4.76. The van der Waals surface area contributed by atoms with E-state index >= 15 is 0 Å². The molecule has 0 aromatic rings. The molecule has 0 heterocycles. The Morgan fingerprint density at radius 2 is 1.89 bits per heavy atom. The molecule has 0 rings (SSSR count). The third-order valence-electron chi connectivity index (χ3n) is 2.55. The molecule has 0 bridgehead atoms. The van der Waals surface area contributed by atoms with E-state index in [2.05, 4.69) is 4.74 Å². The van der Waals surface area contributed by atoms with Crippen molar-refractivity contribution in [3.8, 4) is 0 Å². The maximum Gasteiger partial charge on any atom is 0.338 e.